The third-order valence-electron chi connectivity index (χ3n) is 3.86. The Bertz CT molecular complexity index is 649. The molecule has 0 aliphatic carbocycles. The van der Waals surface area contributed by atoms with Gasteiger partial charge in [0.25, 0.3) is 0 Å². The topological polar surface area (TPSA) is 72.9 Å². The van der Waals surface area contributed by atoms with Crippen molar-refractivity contribution in [2.75, 3.05) is 12.3 Å². The normalized spacial score (nSPS) is 19.6. The van der Waals surface area contributed by atoms with Gasteiger partial charge in [0.05, 0.1) is 17.1 Å². The lowest BCUT2D eigenvalue weighted by molar-refractivity contribution is -0.122. The van der Waals surface area contributed by atoms with Crippen molar-refractivity contribution in [3.05, 3.63) is 24.0 Å². The number of piperidine rings is 1. The summed E-state index contributed by atoms with van der Waals surface area (Å²) >= 11 is 0. The number of rotatable bonds is 2. The highest BCUT2D eigenvalue weighted by molar-refractivity contribution is 5.80. The number of nitrogens with one attached hydrogen (secondary N) is 1. The van der Waals surface area contributed by atoms with Crippen LogP contribution in [0.2, 0.25) is 0 Å². The van der Waals surface area contributed by atoms with Gasteiger partial charge in [-0.1, -0.05) is 13.8 Å². The Labute approximate surface area is 118 Å². The van der Waals surface area contributed by atoms with E-state index in [9.17, 15) is 4.79 Å². The average molecular weight is 272 g/mol. The molecular formula is C15H20N4O. The molecule has 1 aliphatic heterocycles. The van der Waals surface area contributed by atoms with Gasteiger partial charge in [-0.15, -0.1) is 0 Å². The van der Waals surface area contributed by atoms with E-state index < -0.39 is 0 Å². The van der Waals surface area contributed by atoms with Crippen molar-refractivity contribution in [3.8, 4) is 0 Å². The molecule has 5 heteroatoms. The van der Waals surface area contributed by atoms with Gasteiger partial charge in [-0.25, -0.2) is 4.98 Å². The first-order valence-electron chi connectivity index (χ1n) is 7.10. The average Bonchev–Trinajstić information content (AvgIpc) is 2.78. The Hall–Kier alpha value is -2.04. The molecule has 3 N–H and O–H groups in total. The van der Waals surface area contributed by atoms with E-state index in [-0.39, 0.29) is 11.9 Å². The van der Waals surface area contributed by atoms with Crippen molar-refractivity contribution in [2.45, 2.75) is 38.6 Å². The summed E-state index contributed by atoms with van der Waals surface area (Å²) in [7, 11) is 0. The number of fused-ring (bicyclic) bond motifs is 1. The minimum absolute atomic E-state index is 0.140. The maximum atomic E-state index is 11.4. The predicted molar refractivity (Wildman–Crippen MR) is 79.5 cm³/mol. The number of imidazole rings is 1. The predicted octanol–water partition coefficient (Wildman–Crippen LogP) is 2.19. The molecule has 1 atom stereocenters. The summed E-state index contributed by atoms with van der Waals surface area (Å²) in [5.74, 6) is 1.54. The molecule has 1 aliphatic rings. The largest absolute Gasteiger partial charge is 0.399 e. The second-order valence-corrected chi connectivity index (χ2v) is 5.74. The number of carbonyl (C=O) groups excluding carboxylic acids is 1. The van der Waals surface area contributed by atoms with E-state index in [1.165, 1.54) is 0 Å². The van der Waals surface area contributed by atoms with E-state index in [2.05, 4.69) is 23.7 Å². The fourth-order valence-corrected chi connectivity index (χ4v) is 2.87. The first-order valence-corrected chi connectivity index (χ1v) is 7.10. The van der Waals surface area contributed by atoms with Crippen LogP contribution in [0.5, 0.6) is 0 Å². The van der Waals surface area contributed by atoms with Crippen LogP contribution >= 0.6 is 0 Å². The van der Waals surface area contributed by atoms with Gasteiger partial charge in [-0.05, 0) is 24.6 Å². The number of carbonyl (C=O) groups is 1. The van der Waals surface area contributed by atoms with Crippen molar-refractivity contribution >= 4 is 22.6 Å². The fourth-order valence-electron chi connectivity index (χ4n) is 2.87. The number of amides is 1. The quantitative estimate of drug-likeness (QED) is 0.823. The third-order valence-corrected chi connectivity index (χ3v) is 3.86. The van der Waals surface area contributed by atoms with E-state index in [0.29, 0.717) is 18.9 Å². The molecule has 0 radical (unpaired) electrons. The number of hydrogen-bond donors (Lipinski definition) is 2. The molecule has 1 unspecified atom stereocenters. The van der Waals surface area contributed by atoms with Crippen LogP contribution in [-0.4, -0.2) is 22.0 Å². The van der Waals surface area contributed by atoms with E-state index in [1.54, 1.807) is 0 Å². The van der Waals surface area contributed by atoms with Crippen LogP contribution in [0.3, 0.4) is 0 Å². The first-order chi connectivity index (χ1) is 9.56. The minimum Gasteiger partial charge on any atom is -0.399 e. The summed E-state index contributed by atoms with van der Waals surface area (Å²) in [6.45, 7) is 4.96. The summed E-state index contributed by atoms with van der Waals surface area (Å²) in [4.78, 5) is 16.1. The number of anilines is 1. The van der Waals surface area contributed by atoms with E-state index in [1.807, 2.05) is 18.2 Å². The zero-order chi connectivity index (χ0) is 14.3. The van der Waals surface area contributed by atoms with E-state index in [0.717, 1.165) is 29.0 Å². The molecule has 2 heterocycles. The molecule has 1 aromatic heterocycles. The van der Waals surface area contributed by atoms with Crippen molar-refractivity contribution < 1.29 is 4.79 Å². The highest BCUT2D eigenvalue weighted by Gasteiger charge is 2.24. The maximum Gasteiger partial charge on any atom is 0.220 e. The summed E-state index contributed by atoms with van der Waals surface area (Å²) < 4.78 is 2.28. The van der Waals surface area contributed by atoms with Gasteiger partial charge in [0.2, 0.25) is 5.91 Å². The smallest absolute Gasteiger partial charge is 0.220 e. The molecule has 1 saturated heterocycles. The van der Waals surface area contributed by atoms with Crippen molar-refractivity contribution in [1.29, 1.82) is 0 Å². The molecule has 106 valence electrons. The number of aromatic nitrogens is 2. The Morgan fingerprint density at radius 3 is 2.90 bits per heavy atom. The Morgan fingerprint density at radius 1 is 1.45 bits per heavy atom. The molecular weight excluding hydrogens is 252 g/mol. The summed E-state index contributed by atoms with van der Waals surface area (Å²) in [6.07, 6.45) is 1.44. The maximum absolute atomic E-state index is 11.4. The van der Waals surface area contributed by atoms with Crippen LogP contribution in [0.15, 0.2) is 18.2 Å². The highest BCUT2D eigenvalue weighted by Crippen LogP contribution is 2.30. The molecule has 1 aromatic carbocycles. The minimum atomic E-state index is 0.140. The number of benzene rings is 1. The standard InChI is InChI=1S/C15H20N4O/c1-9(2)15-18-12-7-10(16)3-5-13(12)19(15)11-4-6-14(20)17-8-11/h3,5,7,9,11H,4,6,8,16H2,1-2H3,(H,17,20). The SMILES string of the molecule is CC(C)c1nc2cc(N)ccc2n1C1CCC(=O)NC1. The molecule has 0 spiro atoms. The molecule has 0 bridgehead atoms. The monoisotopic (exact) mass is 272 g/mol. The van der Waals surface area contributed by atoms with Crippen LogP contribution in [-0.2, 0) is 4.79 Å². The van der Waals surface area contributed by atoms with Crippen LogP contribution in [0.4, 0.5) is 5.69 Å². The molecule has 3 rings (SSSR count). The Kier molecular flexibility index (Phi) is 3.12. The Balaban J connectivity index is 2.11. The lowest BCUT2D eigenvalue weighted by atomic mass is 10.1. The van der Waals surface area contributed by atoms with Crippen LogP contribution in [0.1, 0.15) is 44.5 Å². The second-order valence-electron chi connectivity index (χ2n) is 5.74. The van der Waals surface area contributed by atoms with Crippen molar-refractivity contribution in [1.82, 2.24) is 14.9 Å². The van der Waals surface area contributed by atoms with Gasteiger partial charge in [-0.3, -0.25) is 4.79 Å². The summed E-state index contributed by atoms with van der Waals surface area (Å²) in [6, 6.07) is 6.13. The lowest BCUT2D eigenvalue weighted by Gasteiger charge is -2.26. The zero-order valence-corrected chi connectivity index (χ0v) is 11.9. The van der Waals surface area contributed by atoms with Crippen molar-refractivity contribution in [3.63, 3.8) is 0 Å². The van der Waals surface area contributed by atoms with Gasteiger partial charge < -0.3 is 15.6 Å². The second kappa shape index (κ2) is 4.81. The molecule has 5 nitrogen and oxygen atoms in total. The van der Waals surface area contributed by atoms with Gasteiger partial charge in [0, 0.05) is 24.6 Å². The van der Waals surface area contributed by atoms with Crippen molar-refractivity contribution in [2.24, 2.45) is 0 Å². The Morgan fingerprint density at radius 2 is 2.25 bits per heavy atom. The van der Waals surface area contributed by atoms with Gasteiger partial charge in [0.1, 0.15) is 5.82 Å². The zero-order valence-electron chi connectivity index (χ0n) is 11.9. The molecule has 0 saturated carbocycles. The van der Waals surface area contributed by atoms with E-state index >= 15 is 0 Å². The number of hydrogen-bond acceptors (Lipinski definition) is 3. The highest BCUT2D eigenvalue weighted by atomic mass is 16.1. The van der Waals surface area contributed by atoms with Gasteiger partial charge in [-0.2, -0.15) is 0 Å². The van der Waals surface area contributed by atoms with Gasteiger partial charge >= 0.3 is 0 Å². The van der Waals surface area contributed by atoms with Crippen LogP contribution in [0.25, 0.3) is 11.0 Å². The van der Waals surface area contributed by atoms with Crippen LogP contribution in [0, 0.1) is 0 Å². The van der Waals surface area contributed by atoms with Crippen LogP contribution < -0.4 is 11.1 Å². The molecule has 1 fully saturated rings. The lowest BCUT2D eigenvalue weighted by Crippen LogP contribution is -2.36. The van der Waals surface area contributed by atoms with E-state index in [4.69, 9.17) is 10.7 Å². The summed E-state index contributed by atoms with van der Waals surface area (Å²) in [5.41, 5.74) is 8.62. The fraction of sp³-hybridized carbons (Fsp3) is 0.467. The van der Waals surface area contributed by atoms with Gasteiger partial charge in [0.15, 0.2) is 0 Å². The summed E-state index contributed by atoms with van der Waals surface area (Å²) in [5, 5.41) is 2.95. The third kappa shape index (κ3) is 2.13. The molecule has 20 heavy (non-hydrogen) atoms. The molecule has 2 aromatic rings. The number of nitrogen functional groups attached to an aromatic ring is 1. The number of nitrogens with two attached hydrogens (primary N) is 1. The number of nitrogens with zero attached hydrogens (tertiary/aromatic N) is 2. The molecule has 1 amide bonds. The first kappa shape index (κ1) is 13.0.